The van der Waals surface area contributed by atoms with Crippen molar-refractivity contribution in [1.29, 1.82) is 0 Å². The van der Waals surface area contributed by atoms with Crippen LogP contribution in [0.2, 0.25) is 0 Å². The van der Waals surface area contributed by atoms with Crippen molar-refractivity contribution < 1.29 is 0 Å². The van der Waals surface area contributed by atoms with Gasteiger partial charge in [0, 0.05) is 29.2 Å². The van der Waals surface area contributed by atoms with Crippen LogP contribution in [-0.4, -0.2) is 29.8 Å². The van der Waals surface area contributed by atoms with Crippen LogP contribution in [0.4, 0.5) is 0 Å². The molecule has 0 aromatic heterocycles. The Kier molecular flexibility index (Phi) is 3.78. The zero-order chi connectivity index (χ0) is 13.4. The number of likely N-dealkylation sites (tertiary alicyclic amines) is 1. The summed E-state index contributed by atoms with van der Waals surface area (Å²) < 4.78 is 0. The Hall–Kier alpha value is -0.470. The molecule has 2 heterocycles. The summed E-state index contributed by atoms with van der Waals surface area (Å²) in [4.78, 5) is 4.39. The Bertz CT molecular complexity index is 466. The largest absolute Gasteiger partial charge is 0.299 e. The maximum absolute atomic E-state index is 2.85. The van der Waals surface area contributed by atoms with E-state index in [9.17, 15) is 0 Å². The van der Waals surface area contributed by atoms with Crippen LogP contribution in [0.25, 0.3) is 0 Å². The van der Waals surface area contributed by atoms with Gasteiger partial charge in [-0.05, 0) is 49.8 Å². The van der Waals surface area contributed by atoms with Gasteiger partial charge in [-0.3, -0.25) is 4.90 Å². The first-order valence-electron chi connectivity index (χ1n) is 8.37. The first kappa shape index (κ1) is 13.2. The summed E-state index contributed by atoms with van der Waals surface area (Å²) >= 11 is 2.07. The van der Waals surface area contributed by atoms with Crippen molar-refractivity contribution in [3.05, 3.63) is 29.8 Å². The summed E-state index contributed by atoms with van der Waals surface area (Å²) in [6, 6.07) is 9.98. The molecule has 2 fully saturated rings. The van der Waals surface area contributed by atoms with Gasteiger partial charge in [0.15, 0.2) is 0 Å². The van der Waals surface area contributed by atoms with Crippen LogP contribution in [0, 0.1) is 5.92 Å². The molecule has 0 spiro atoms. The number of hydrogen-bond donors (Lipinski definition) is 0. The second-order valence-electron chi connectivity index (χ2n) is 6.79. The molecule has 1 saturated heterocycles. The van der Waals surface area contributed by atoms with Crippen molar-refractivity contribution in [2.75, 3.05) is 18.8 Å². The quantitative estimate of drug-likeness (QED) is 0.803. The maximum atomic E-state index is 2.85. The fourth-order valence-corrected chi connectivity index (χ4v) is 5.86. The van der Waals surface area contributed by atoms with E-state index in [1.165, 1.54) is 62.3 Å². The molecular formula is C18H25NS. The van der Waals surface area contributed by atoms with Crippen LogP contribution in [-0.2, 0) is 0 Å². The fraction of sp³-hybridized carbons (Fsp3) is 0.667. The Morgan fingerprint density at radius 3 is 2.80 bits per heavy atom. The molecule has 1 nitrogen and oxygen atoms in total. The van der Waals surface area contributed by atoms with E-state index in [2.05, 4.69) is 40.9 Å². The van der Waals surface area contributed by atoms with Gasteiger partial charge in [-0.25, -0.2) is 0 Å². The fourth-order valence-electron chi connectivity index (χ4n) is 4.62. The zero-order valence-electron chi connectivity index (χ0n) is 12.3. The molecule has 1 aromatic rings. The summed E-state index contributed by atoms with van der Waals surface area (Å²) in [6.07, 6.45) is 8.86. The summed E-state index contributed by atoms with van der Waals surface area (Å²) in [5.41, 5.74) is 1.62. The molecule has 20 heavy (non-hydrogen) atoms. The monoisotopic (exact) mass is 287 g/mol. The van der Waals surface area contributed by atoms with Crippen LogP contribution in [0.15, 0.2) is 29.2 Å². The standard InChI is InChI=1S/C18H25NS/c1-2-7-14(6-1)17-9-5-11-19(17)12-15-13-20-18-10-4-3-8-16(15)18/h3-4,8,10,14-15,17H,1-2,5-7,9,11-13H2. The molecule has 2 heteroatoms. The van der Waals surface area contributed by atoms with Gasteiger partial charge < -0.3 is 0 Å². The molecule has 0 N–H and O–H groups in total. The van der Waals surface area contributed by atoms with Crippen molar-refractivity contribution in [2.45, 2.75) is 55.4 Å². The van der Waals surface area contributed by atoms with E-state index in [4.69, 9.17) is 0 Å². The Labute approximate surface area is 127 Å². The highest BCUT2D eigenvalue weighted by atomic mass is 32.2. The number of rotatable bonds is 3. The van der Waals surface area contributed by atoms with Crippen LogP contribution in [0.3, 0.4) is 0 Å². The van der Waals surface area contributed by atoms with Crippen LogP contribution in [0.5, 0.6) is 0 Å². The lowest BCUT2D eigenvalue weighted by Gasteiger charge is -2.31. The number of thioether (sulfide) groups is 1. The average Bonchev–Trinajstić information content (AvgIpc) is 3.19. The molecule has 108 valence electrons. The van der Waals surface area contributed by atoms with Crippen LogP contribution < -0.4 is 0 Å². The number of benzene rings is 1. The van der Waals surface area contributed by atoms with Gasteiger partial charge >= 0.3 is 0 Å². The predicted molar refractivity (Wildman–Crippen MR) is 86.5 cm³/mol. The summed E-state index contributed by atoms with van der Waals surface area (Å²) in [5.74, 6) is 3.09. The van der Waals surface area contributed by atoms with Gasteiger partial charge in [-0.15, -0.1) is 11.8 Å². The first-order valence-corrected chi connectivity index (χ1v) is 9.36. The second-order valence-corrected chi connectivity index (χ2v) is 7.86. The van der Waals surface area contributed by atoms with Gasteiger partial charge in [-0.1, -0.05) is 31.0 Å². The molecule has 0 radical (unpaired) electrons. The van der Waals surface area contributed by atoms with Crippen LogP contribution in [0.1, 0.15) is 50.0 Å². The minimum atomic E-state index is 0.776. The molecule has 1 aromatic carbocycles. The number of nitrogens with zero attached hydrogens (tertiary/aromatic N) is 1. The minimum Gasteiger partial charge on any atom is -0.299 e. The SMILES string of the molecule is c1ccc2c(c1)SCC2CN1CCCC1C1CCCC1. The van der Waals surface area contributed by atoms with E-state index in [0.29, 0.717) is 0 Å². The summed E-state index contributed by atoms with van der Waals surface area (Å²) in [6.45, 7) is 2.66. The highest BCUT2D eigenvalue weighted by Crippen LogP contribution is 2.42. The smallest absolute Gasteiger partial charge is 0.0124 e. The van der Waals surface area contributed by atoms with Crippen molar-refractivity contribution in [3.63, 3.8) is 0 Å². The van der Waals surface area contributed by atoms with E-state index in [-0.39, 0.29) is 0 Å². The van der Waals surface area contributed by atoms with Crippen molar-refractivity contribution in [2.24, 2.45) is 5.92 Å². The van der Waals surface area contributed by atoms with Crippen molar-refractivity contribution in [1.82, 2.24) is 4.90 Å². The maximum Gasteiger partial charge on any atom is 0.0124 e. The van der Waals surface area contributed by atoms with Crippen molar-refractivity contribution in [3.8, 4) is 0 Å². The molecule has 3 aliphatic rings. The highest BCUT2D eigenvalue weighted by molar-refractivity contribution is 7.99. The van der Waals surface area contributed by atoms with Gasteiger partial charge in [0.2, 0.25) is 0 Å². The van der Waals surface area contributed by atoms with Gasteiger partial charge in [0.05, 0.1) is 0 Å². The predicted octanol–water partition coefficient (Wildman–Crippen LogP) is 4.53. The summed E-state index contributed by atoms with van der Waals surface area (Å²) in [7, 11) is 0. The van der Waals surface area contributed by atoms with Gasteiger partial charge in [0.25, 0.3) is 0 Å². The normalized spacial score (nSPS) is 31.0. The second kappa shape index (κ2) is 5.73. The molecule has 2 unspecified atom stereocenters. The van der Waals surface area contributed by atoms with Gasteiger partial charge in [-0.2, -0.15) is 0 Å². The number of hydrogen-bond acceptors (Lipinski definition) is 2. The molecule has 0 amide bonds. The van der Waals surface area contributed by atoms with E-state index < -0.39 is 0 Å². The average molecular weight is 287 g/mol. The number of fused-ring (bicyclic) bond motifs is 1. The Morgan fingerprint density at radius 1 is 1.05 bits per heavy atom. The molecule has 1 saturated carbocycles. The molecule has 4 rings (SSSR count). The molecular weight excluding hydrogens is 262 g/mol. The lowest BCUT2D eigenvalue weighted by atomic mass is 9.94. The molecule has 2 atom stereocenters. The van der Waals surface area contributed by atoms with E-state index in [1.807, 2.05) is 0 Å². The molecule has 2 aliphatic heterocycles. The lowest BCUT2D eigenvalue weighted by molar-refractivity contribution is 0.183. The zero-order valence-corrected chi connectivity index (χ0v) is 13.1. The van der Waals surface area contributed by atoms with E-state index in [0.717, 1.165) is 17.9 Å². The van der Waals surface area contributed by atoms with Gasteiger partial charge in [0.1, 0.15) is 0 Å². The third kappa shape index (κ3) is 2.42. The Balaban J connectivity index is 1.46. The third-order valence-electron chi connectivity index (χ3n) is 5.61. The van der Waals surface area contributed by atoms with E-state index in [1.54, 1.807) is 5.56 Å². The lowest BCUT2D eigenvalue weighted by Crippen LogP contribution is -2.37. The highest BCUT2D eigenvalue weighted by Gasteiger charge is 2.35. The topological polar surface area (TPSA) is 3.24 Å². The van der Waals surface area contributed by atoms with E-state index >= 15 is 0 Å². The molecule has 0 bridgehead atoms. The third-order valence-corrected chi connectivity index (χ3v) is 6.86. The summed E-state index contributed by atoms with van der Waals surface area (Å²) in [5, 5.41) is 0. The van der Waals surface area contributed by atoms with Crippen molar-refractivity contribution >= 4 is 11.8 Å². The minimum absolute atomic E-state index is 0.776. The first-order chi connectivity index (χ1) is 9.92. The van der Waals surface area contributed by atoms with Crippen LogP contribution >= 0.6 is 11.8 Å². The molecule has 1 aliphatic carbocycles. The Morgan fingerprint density at radius 2 is 1.90 bits per heavy atom.